The van der Waals surface area contributed by atoms with Crippen molar-refractivity contribution in [3.63, 3.8) is 0 Å². The van der Waals surface area contributed by atoms with Gasteiger partial charge < -0.3 is 14.6 Å². The predicted molar refractivity (Wildman–Crippen MR) is 112 cm³/mol. The number of aromatic hydroxyl groups is 1. The minimum atomic E-state index is 0.251. The molecule has 0 unspecified atom stereocenters. The Morgan fingerprint density at radius 1 is 1.00 bits per heavy atom. The Kier molecular flexibility index (Phi) is 4.61. The first kappa shape index (κ1) is 17.9. The van der Waals surface area contributed by atoms with Gasteiger partial charge in [0.05, 0.1) is 0 Å². The first-order chi connectivity index (χ1) is 14.7. The van der Waals surface area contributed by atoms with Crippen molar-refractivity contribution >= 4 is 11.6 Å². The number of fused-ring (bicyclic) bond motifs is 1. The number of phenolic OH excluding ortho intramolecular Hbond substituents is 1. The molecule has 0 aliphatic carbocycles. The Labute approximate surface area is 172 Å². The highest BCUT2D eigenvalue weighted by atomic mass is 16.5. The van der Waals surface area contributed by atoms with Gasteiger partial charge in [-0.2, -0.15) is 5.21 Å². The highest BCUT2D eigenvalue weighted by Gasteiger charge is 2.14. The topological polar surface area (TPSA) is 93.2 Å². The second kappa shape index (κ2) is 7.71. The molecule has 0 saturated heterocycles. The van der Waals surface area contributed by atoms with Gasteiger partial charge in [-0.25, -0.2) is 0 Å². The Balaban J connectivity index is 1.30. The fraction of sp³-hybridized carbons (Fsp3) is 0.0870. The molecule has 0 bridgehead atoms. The summed E-state index contributed by atoms with van der Waals surface area (Å²) in [5.41, 5.74) is 4.97. The molecule has 2 N–H and O–H groups in total. The molecule has 0 spiro atoms. The molecule has 0 radical (unpaired) electrons. The van der Waals surface area contributed by atoms with Crippen LogP contribution in [0.25, 0.3) is 23.0 Å². The van der Waals surface area contributed by atoms with Crippen LogP contribution in [0.3, 0.4) is 0 Å². The Morgan fingerprint density at radius 2 is 1.90 bits per heavy atom. The van der Waals surface area contributed by atoms with Gasteiger partial charge in [0.2, 0.25) is 5.82 Å². The number of nitrogens with zero attached hydrogens (tertiary/aromatic N) is 3. The number of H-pyrrole nitrogens is 1. The molecular formula is C23H18N4O3. The van der Waals surface area contributed by atoms with Gasteiger partial charge in [-0.1, -0.05) is 30.3 Å². The summed E-state index contributed by atoms with van der Waals surface area (Å²) in [4.78, 5) is 0. The molecule has 0 amide bonds. The lowest BCUT2D eigenvalue weighted by atomic mass is 10.0. The molecule has 5 rings (SSSR count). The fourth-order valence-electron chi connectivity index (χ4n) is 3.33. The summed E-state index contributed by atoms with van der Waals surface area (Å²) in [5.74, 6) is 2.33. The number of rotatable bonds is 5. The summed E-state index contributed by atoms with van der Waals surface area (Å²) in [6, 6.07) is 20.8. The molecule has 1 aliphatic rings. The van der Waals surface area contributed by atoms with E-state index in [0.717, 1.165) is 39.3 Å². The minimum Gasteiger partial charge on any atom is -0.508 e. The van der Waals surface area contributed by atoms with E-state index in [9.17, 15) is 5.11 Å². The molecular weight excluding hydrogens is 380 g/mol. The van der Waals surface area contributed by atoms with Crippen molar-refractivity contribution in [2.24, 2.45) is 0 Å². The van der Waals surface area contributed by atoms with Gasteiger partial charge in [-0.05, 0) is 58.3 Å². The first-order valence-electron chi connectivity index (χ1n) is 9.47. The van der Waals surface area contributed by atoms with Gasteiger partial charge in [0.15, 0.2) is 0 Å². The van der Waals surface area contributed by atoms with E-state index >= 15 is 0 Å². The van der Waals surface area contributed by atoms with E-state index in [4.69, 9.17) is 9.47 Å². The number of tetrazole rings is 1. The summed E-state index contributed by atoms with van der Waals surface area (Å²) in [7, 11) is 0. The van der Waals surface area contributed by atoms with Crippen LogP contribution >= 0.6 is 0 Å². The zero-order valence-corrected chi connectivity index (χ0v) is 15.9. The zero-order chi connectivity index (χ0) is 20.3. The average molecular weight is 398 g/mol. The van der Waals surface area contributed by atoms with Gasteiger partial charge in [0.25, 0.3) is 0 Å². The molecule has 1 aliphatic heterocycles. The number of benzene rings is 3. The van der Waals surface area contributed by atoms with Gasteiger partial charge >= 0.3 is 0 Å². The minimum absolute atomic E-state index is 0.251. The summed E-state index contributed by atoms with van der Waals surface area (Å²) in [6.45, 7) is 0.882. The summed E-state index contributed by atoms with van der Waals surface area (Å²) >= 11 is 0. The molecule has 0 fully saturated rings. The van der Waals surface area contributed by atoms with Crippen LogP contribution in [0.1, 0.15) is 16.7 Å². The van der Waals surface area contributed by atoms with Crippen LogP contribution in [0, 0.1) is 0 Å². The molecule has 0 saturated carbocycles. The zero-order valence-electron chi connectivity index (χ0n) is 15.9. The lowest BCUT2D eigenvalue weighted by Gasteiger charge is -2.19. The lowest BCUT2D eigenvalue weighted by Crippen LogP contribution is -2.07. The molecule has 0 atom stereocenters. The predicted octanol–water partition coefficient (Wildman–Crippen LogP) is 4.08. The SMILES string of the molecule is Oc1ccc(C2=Cc3ccc(OCc4cccc(-c5nn[nH]n5)c4)cc3OC2)cc1. The van der Waals surface area contributed by atoms with Crippen molar-refractivity contribution in [3.8, 4) is 28.6 Å². The molecule has 30 heavy (non-hydrogen) atoms. The van der Waals surface area contributed by atoms with E-state index in [2.05, 4.69) is 26.7 Å². The van der Waals surface area contributed by atoms with Crippen molar-refractivity contribution in [2.45, 2.75) is 6.61 Å². The Hall–Kier alpha value is -4.13. The van der Waals surface area contributed by atoms with Crippen LogP contribution in [0.5, 0.6) is 17.2 Å². The number of aromatic nitrogens is 4. The van der Waals surface area contributed by atoms with E-state index in [-0.39, 0.29) is 5.75 Å². The van der Waals surface area contributed by atoms with Crippen LogP contribution in [0.4, 0.5) is 0 Å². The average Bonchev–Trinajstić information content (AvgIpc) is 3.33. The van der Waals surface area contributed by atoms with Crippen LogP contribution in [-0.2, 0) is 6.61 Å². The van der Waals surface area contributed by atoms with Crippen molar-refractivity contribution in [2.75, 3.05) is 6.61 Å². The van der Waals surface area contributed by atoms with Crippen molar-refractivity contribution < 1.29 is 14.6 Å². The highest BCUT2D eigenvalue weighted by molar-refractivity contribution is 5.85. The molecule has 7 nitrogen and oxygen atoms in total. The third-order valence-electron chi connectivity index (χ3n) is 4.87. The monoisotopic (exact) mass is 398 g/mol. The highest BCUT2D eigenvalue weighted by Crippen LogP contribution is 2.34. The third kappa shape index (κ3) is 3.73. The number of nitrogens with one attached hydrogen (secondary N) is 1. The number of ether oxygens (including phenoxy) is 2. The van der Waals surface area contributed by atoms with E-state index in [1.54, 1.807) is 12.1 Å². The van der Waals surface area contributed by atoms with Crippen LogP contribution < -0.4 is 9.47 Å². The molecule has 148 valence electrons. The lowest BCUT2D eigenvalue weighted by molar-refractivity contribution is 0.301. The van der Waals surface area contributed by atoms with E-state index in [1.165, 1.54) is 0 Å². The summed E-state index contributed by atoms with van der Waals surface area (Å²) < 4.78 is 11.9. The van der Waals surface area contributed by atoms with Crippen molar-refractivity contribution in [1.29, 1.82) is 0 Å². The largest absolute Gasteiger partial charge is 0.508 e. The van der Waals surface area contributed by atoms with Crippen molar-refractivity contribution in [1.82, 2.24) is 20.6 Å². The number of hydrogen-bond acceptors (Lipinski definition) is 6. The number of phenols is 1. The van der Waals surface area contributed by atoms with E-state index in [1.807, 2.05) is 54.6 Å². The quantitative estimate of drug-likeness (QED) is 0.526. The normalized spacial score (nSPS) is 12.6. The Morgan fingerprint density at radius 3 is 2.73 bits per heavy atom. The number of aromatic amines is 1. The molecule has 1 aromatic heterocycles. The molecule has 3 aromatic carbocycles. The maximum atomic E-state index is 9.46. The van der Waals surface area contributed by atoms with E-state index in [0.29, 0.717) is 19.0 Å². The van der Waals surface area contributed by atoms with Gasteiger partial charge in [-0.15, -0.1) is 10.2 Å². The summed E-state index contributed by atoms with van der Waals surface area (Å²) in [6.07, 6.45) is 2.10. The fourth-order valence-corrected chi connectivity index (χ4v) is 3.33. The van der Waals surface area contributed by atoms with Crippen LogP contribution in [0.15, 0.2) is 66.7 Å². The second-order valence-electron chi connectivity index (χ2n) is 6.93. The first-order valence-corrected chi connectivity index (χ1v) is 9.47. The second-order valence-corrected chi connectivity index (χ2v) is 6.93. The smallest absolute Gasteiger partial charge is 0.204 e. The maximum absolute atomic E-state index is 9.46. The van der Waals surface area contributed by atoms with Crippen LogP contribution in [0.2, 0.25) is 0 Å². The van der Waals surface area contributed by atoms with Crippen LogP contribution in [-0.4, -0.2) is 32.3 Å². The molecule has 2 heterocycles. The summed E-state index contributed by atoms with van der Waals surface area (Å²) in [5, 5.41) is 23.5. The van der Waals surface area contributed by atoms with Gasteiger partial charge in [-0.3, -0.25) is 0 Å². The maximum Gasteiger partial charge on any atom is 0.204 e. The van der Waals surface area contributed by atoms with Gasteiger partial charge in [0.1, 0.15) is 30.5 Å². The molecule has 4 aromatic rings. The number of hydrogen-bond donors (Lipinski definition) is 2. The standard InChI is InChI=1S/C23H18N4O3/c28-20-7-4-16(5-8-20)19-11-17-6-9-21(12-22(17)30-14-19)29-13-15-2-1-3-18(10-15)23-24-26-27-25-23/h1-12,28H,13-14H2,(H,24,25,26,27). The van der Waals surface area contributed by atoms with Gasteiger partial charge in [0, 0.05) is 17.2 Å². The molecule has 7 heteroatoms. The Bertz CT molecular complexity index is 1200. The van der Waals surface area contributed by atoms with Crippen molar-refractivity contribution in [3.05, 3.63) is 83.4 Å². The third-order valence-corrected chi connectivity index (χ3v) is 4.87. The van der Waals surface area contributed by atoms with E-state index < -0.39 is 0 Å².